The fraction of sp³-hybridized carbons (Fsp3) is 0.611. The summed E-state index contributed by atoms with van der Waals surface area (Å²) in [5, 5.41) is 11.1. The molecule has 1 aromatic rings. The molecule has 3 heterocycles. The summed E-state index contributed by atoms with van der Waals surface area (Å²) in [6.45, 7) is 3.39. The molecule has 0 aliphatic carbocycles. The molecule has 3 aliphatic heterocycles. The van der Waals surface area contributed by atoms with Crippen LogP contribution in [0.1, 0.15) is 24.8 Å². The number of piperidine rings is 1. The van der Waals surface area contributed by atoms with Gasteiger partial charge in [0.2, 0.25) is 5.91 Å². The minimum absolute atomic E-state index is 0.104. The van der Waals surface area contributed by atoms with Crippen LogP contribution in [0.4, 0.5) is 11.4 Å². The van der Waals surface area contributed by atoms with Crippen LogP contribution in [0.2, 0.25) is 0 Å². The molecule has 0 aromatic heterocycles. The van der Waals surface area contributed by atoms with E-state index in [-0.39, 0.29) is 28.5 Å². The number of nitro groups is 1. The maximum atomic E-state index is 13.1. The van der Waals surface area contributed by atoms with Crippen LogP contribution in [-0.2, 0) is 16.0 Å². The predicted molar refractivity (Wildman–Crippen MR) is 92.7 cm³/mol. The van der Waals surface area contributed by atoms with Gasteiger partial charge in [0.25, 0.3) is 5.69 Å². The number of nitro benzene ring substituents is 1. The zero-order valence-corrected chi connectivity index (χ0v) is 14.2. The third kappa shape index (κ3) is 2.97. The zero-order valence-electron chi connectivity index (χ0n) is 14.2. The molecule has 4 rings (SSSR count). The van der Waals surface area contributed by atoms with E-state index in [0.717, 1.165) is 37.1 Å². The molecule has 25 heavy (non-hydrogen) atoms. The first-order valence-electron chi connectivity index (χ1n) is 9.05. The van der Waals surface area contributed by atoms with E-state index >= 15 is 0 Å². The molecule has 0 N–H and O–H groups in total. The topological polar surface area (TPSA) is 75.9 Å². The van der Waals surface area contributed by atoms with Crippen LogP contribution in [0, 0.1) is 16.0 Å². The van der Waals surface area contributed by atoms with Crippen molar-refractivity contribution in [3.05, 3.63) is 33.9 Å². The van der Waals surface area contributed by atoms with Crippen molar-refractivity contribution in [1.29, 1.82) is 0 Å². The van der Waals surface area contributed by atoms with E-state index in [1.807, 2.05) is 11.0 Å². The Morgan fingerprint density at radius 1 is 1.20 bits per heavy atom. The summed E-state index contributed by atoms with van der Waals surface area (Å²) in [5.74, 6) is 0.0604. The van der Waals surface area contributed by atoms with E-state index in [1.54, 1.807) is 12.1 Å². The Morgan fingerprint density at radius 2 is 2.00 bits per heavy atom. The van der Waals surface area contributed by atoms with Gasteiger partial charge in [-0.25, -0.2) is 0 Å². The molecular weight excluding hydrogens is 322 g/mol. The predicted octanol–water partition coefficient (Wildman–Crippen LogP) is 1.98. The van der Waals surface area contributed by atoms with Crippen molar-refractivity contribution in [1.82, 2.24) is 4.90 Å². The lowest BCUT2D eigenvalue weighted by atomic mass is 9.80. The molecule has 0 bridgehead atoms. The number of carbonyl (C=O) groups is 1. The number of anilines is 1. The summed E-state index contributed by atoms with van der Waals surface area (Å²) in [4.78, 5) is 28.1. The molecule has 1 aromatic carbocycles. The van der Waals surface area contributed by atoms with Gasteiger partial charge in [-0.2, -0.15) is 0 Å². The third-order valence-electron chi connectivity index (χ3n) is 5.68. The van der Waals surface area contributed by atoms with Gasteiger partial charge in [0.05, 0.1) is 24.1 Å². The number of fused-ring (bicyclic) bond motifs is 3. The first-order valence-corrected chi connectivity index (χ1v) is 9.05. The number of non-ortho nitro benzene ring substituents is 1. The van der Waals surface area contributed by atoms with Crippen molar-refractivity contribution in [3.63, 3.8) is 0 Å². The molecule has 134 valence electrons. The number of hydrogen-bond donors (Lipinski definition) is 0. The molecule has 7 nitrogen and oxygen atoms in total. The molecule has 0 spiro atoms. The average molecular weight is 345 g/mol. The molecule has 2 fully saturated rings. The molecule has 0 saturated carbocycles. The van der Waals surface area contributed by atoms with Gasteiger partial charge in [-0.05, 0) is 37.3 Å². The SMILES string of the molecule is O=C([C@@H]1Cc2cc([N+](=O)[O-])ccc2N2CCCC[C@H]12)N1CCOCC1. The lowest BCUT2D eigenvalue weighted by Crippen LogP contribution is -2.55. The van der Waals surface area contributed by atoms with Crippen molar-refractivity contribution in [3.8, 4) is 0 Å². The van der Waals surface area contributed by atoms with Crippen LogP contribution in [0.3, 0.4) is 0 Å². The van der Waals surface area contributed by atoms with Gasteiger partial charge in [-0.1, -0.05) is 0 Å². The summed E-state index contributed by atoms with van der Waals surface area (Å²) < 4.78 is 5.36. The van der Waals surface area contributed by atoms with Gasteiger partial charge in [0.1, 0.15) is 0 Å². The number of amides is 1. The van der Waals surface area contributed by atoms with Crippen LogP contribution >= 0.6 is 0 Å². The van der Waals surface area contributed by atoms with E-state index in [9.17, 15) is 14.9 Å². The second-order valence-corrected chi connectivity index (χ2v) is 7.07. The minimum atomic E-state index is -0.360. The number of carbonyl (C=O) groups excluding carboxylic acids is 1. The highest BCUT2D eigenvalue weighted by Crippen LogP contribution is 2.40. The van der Waals surface area contributed by atoms with E-state index in [0.29, 0.717) is 32.7 Å². The molecule has 0 radical (unpaired) electrons. The summed E-state index contributed by atoms with van der Waals surface area (Å²) in [6, 6.07) is 5.30. The van der Waals surface area contributed by atoms with E-state index < -0.39 is 0 Å². The fourth-order valence-electron chi connectivity index (χ4n) is 4.45. The van der Waals surface area contributed by atoms with Crippen molar-refractivity contribution in [2.45, 2.75) is 31.7 Å². The average Bonchev–Trinajstić information content (AvgIpc) is 2.67. The molecular formula is C18H23N3O4. The van der Waals surface area contributed by atoms with Crippen LogP contribution in [-0.4, -0.2) is 54.6 Å². The van der Waals surface area contributed by atoms with Gasteiger partial charge in [0.15, 0.2) is 0 Å². The van der Waals surface area contributed by atoms with Crippen LogP contribution in [0.25, 0.3) is 0 Å². The number of ether oxygens (including phenoxy) is 1. The number of hydrogen-bond acceptors (Lipinski definition) is 5. The third-order valence-corrected chi connectivity index (χ3v) is 5.68. The Bertz CT molecular complexity index is 687. The van der Waals surface area contributed by atoms with E-state index in [1.165, 1.54) is 0 Å². The van der Waals surface area contributed by atoms with Crippen molar-refractivity contribution >= 4 is 17.3 Å². The van der Waals surface area contributed by atoms with Gasteiger partial charge < -0.3 is 14.5 Å². The molecule has 1 amide bonds. The van der Waals surface area contributed by atoms with Crippen molar-refractivity contribution in [2.24, 2.45) is 5.92 Å². The monoisotopic (exact) mass is 345 g/mol. The van der Waals surface area contributed by atoms with Gasteiger partial charge in [-0.15, -0.1) is 0 Å². The quantitative estimate of drug-likeness (QED) is 0.605. The van der Waals surface area contributed by atoms with E-state index in [2.05, 4.69) is 4.90 Å². The molecule has 2 atom stereocenters. The number of nitrogens with zero attached hydrogens (tertiary/aromatic N) is 3. The fourth-order valence-corrected chi connectivity index (χ4v) is 4.45. The first kappa shape index (κ1) is 16.3. The normalized spacial score (nSPS) is 25.9. The van der Waals surface area contributed by atoms with Crippen molar-refractivity contribution in [2.75, 3.05) is 37.7 Å². The highest BCUT2D eigenvalue weighted by molar-refractivity contribution is 5.82. The Morgan fingerprint density at radius 3 is 2.76 bits per heavy atom. The molecule has 3 aliphatic rings. The summed E-state index contributed by atoms with van der Waals surface area (Å²) in [6.07, 6.45) is 3.84. The van der Waals surface area contributed by atoms with Crippen LogP contribution in [0.5, 0.6) is 0 Å². The molecule has 2 saturated heterocycles. The summed E-state index contributed by atoms with van der Waals surface area (Å²) >= 11 is 0. The lowest BCUT2D eigenvalue weighted by molar-refractivity contribution is -0.384. The minimum Gasteiger partial charge on any atom is -0.378 e. The van der Waals surface area contributed by atoms with Gasteiger partial charge in [0, 0.05) is 43.5 Å². The van der Waals surface area contributed by atoms with E-state index in [4.69, 9.17) is 4.74 Å². The first-order chi connectivity index (χ1) is 12.1. The maximum absolute atomic E-state index is 13.1. The lowest BCUT2D eigenvalue weighted by Gasteiger charge is -2.47. The Labute approximate surface area is 146 Å². The number of benzene rings is 1. The Hall–Kier alpha value is -2.15. The second kappa shape index (κ2) is 6.63. The Kier molecular flexibility index (Phi) is 4.33. The maximum Gasteiger partial charge on any atom is 0.269 e. The summed E-state index contributed by atoms with van der Waals surface area (Å²) in [5.41, 5.74) is 2.10. The zero-order chi connectivity index (χ0) is 17.4. The van der Waals surface area contributed by atoms with Crippen molar-refractivity contribution < 1.29 is 14.5 Å². The summed E-state index contributed by atoms with van der Waals surface area (Å²) in [7, 11) is 0. The van der Waals surface area contributed by atoms with Crippen LogP contribution in [0.15, 0.2) is 18.2 Å². The number of rotatable bonds is 2. The smallest absolute Gasteiger partial charge is 0.269 e. The van der Waals surface area contributed by atoms with Gasteiger partial charge >= 0.3 is 0 Å². The molecule has 7 heteroatoms. The largest absolute Gasteiger partial charge is 0.378 e. The second-order valence-electron chi connectivity index (χ2n) is 7.07. The standard InChI is InChI=1S/C18H23N3O4/c22-18(19-7-9-25-10-8-19)15-12-13-11-14(21(23)24)4-5-16(13)20-6-2-1-3-17(15)20/h4-5,11,15,17H,1-3,6-10,12H2/t15-,17-/m1/s1. The molecule has 0 unspecified atom stereocenters. The van der Waals surface area contributed by atoms with Crippen LogP contribution < -0.4 is 4.90 Å². The van der Waals surface area contributed by atoms with Gasteiger partial charge in [-0.3, -0.25) is 14.9 Å². The number of morpholine rings is 1. The Balaban J connectivity index is 1.67. The highest BCUT2D eigenvalue weighted by Gasteiger charge is 2.41. The highest BCUT2D eigenvalue weighted by atomic mass is 16.6.